The third-order valence-corrected chi connectivity index (χ3v) is 3.76. The Labute approximate surface area is 127 Å². The molecule has 21 heavy (non-hydrogen) atoms. The average Bonchev–Trinajstić information content (AvgIpc) is 3.05. The molecule has 0 fully saturated rings. The highest BCUT2D eigenvalue weighted by Gasteiger charge is 2.12. The highest BCUT2D eigenvalue weighted by Crippen LogP contribution is 2.15. The van der Waals surface area contributed by atoms with Gasteiger partial charge in [0.15, 0.2) is 0 Å². The minimum Gasteiger partial charge on any atom is -0.395 e. The fourth-order valence-corrected chi connectivity index (χ4v) is 2.51. The van der Waals surface area contributed by atoms with E-state index in [1.165, 1.54) is 11.3 Å². The maximum atomic E-state index is 12.1. The van der Waals surface area contributed by atoms with Crippen molar-refractivity contribution in [3.05, 3.63) is 38.9 Å². The smallest absolute Gasteiger partial charge is 0.252 e. The van der Waals surface area contributed by atoms with Crippen molar-refractivity contribution in [2.45, 2.75) is 26.8 Å². The first kappa shape index (κ1) is 15.3. The summed E-state index contributed by atoms with van der Waals surface area (Å²) in [5, 5.41) is 17.1. The van der Waals surface area contributed by atoms with Crippen LogP contribution < -0.4 is 5.32 Å². The van der Waals surface area contributed by atoms with Crippen molar-refractivity contribution >= 4 is 17.2 Å². The van der Waals surface area contributed by atoms with Crippen molar-refractivity contribution < 1.29 is 14.4 Å². The zero-order valence-corrected chi connectivity index (χ0v) is 12.7. The van der Waals surface area contributed by atoms with Crippen molar-refractivity contribution in [3.8, 4) is 11.8 Å². The molecule has 0 bridgehead atoms. The molecular formula is C15H16N2O3S. The quantitative estimate of drug-likeness (QED) is 0.847. The van der Waals surface area contributed by atoms with Crippen LogP contribution in [0.3, 0.4) is 0 Å². The lowest BCUT2D eigenvalue weighted by Crippen LogP contribution is -2.22. The first-order valence-corrected chi connectivity index (χ1v) is 7.38. The van der Waals surface area contributed by atoms with Crippen LogP contribution in [0.5, 0.6) is 0 Å². The van der Waals surface area contributed by atoms with E-state index in [1.807, 2.05) is 13.8 Å². The lowest BCUT2D eigenvalue weighted by Gasteiger charge is -2.02. The normalized spacial score (nSPS) is 10.0. The molecule has 0 radical (unpaired) electrons. The molecule has 0 saturated carbocycles. The number of carbonyl (C=O) groups is 1. The van der Waals surface area contributed by atoms with Crippen molar-refractivity contribution in [1.29, 1.82) is 0 Å². The molecule has 0 unspecified atom stereocenters. The number of carbonyl (C=O) groups excluding carboxylic acids is 1. The van der Waals surface area contributed by atoms with E-state index < -0.39 is 0 Å². The van der Waals surface area contributed by atoms with E-state index in [1.54, 1.807) is 11.4 Å². The number of hydrogen-bond donors (Lipinski definition) is 2. The lowest BCUT2D eigenvalue weighted by molar-refractivity contribution is 0.0951. The van der Waals surface area contributed by atoms with Crippen molar-refractivity contribution in [3.63, 3.8) is 0 Å². The summed E-state index contributed by atoms with van der Waals surface area (Å²) in [6.45, 7) is 4.10. The Bertz CT molecular complexity index is 672. The van der Waals surface area contributed by atoms with Gasteiger partial charge in [-0.05, 0) is 19.9 Å². The molecule has 6 heteroatoms. The molecule has 2 heterocycles. The van der Waals surface area contributed by atoms with Crippen LogP contribution in [0.25, 0.3) is 0 Å². The molecule has 2 N–H and O–H groups in total. The predicted octanol–water partition coefficient (Wildman–Crippen LogP) is 2.02. The fraction of sp³-hybridized carbons (Fsp3) is 0.333. The Balaban J connectivity index is 1.97. The first-order chi connectivity index (χ1) is 10.1. The molecule has 0 saturated heterocycles. The van der Waals surface area contributed by atoms with Gasteiger partial charge in [-0.15, -0.1) is 11.3 Å². The van der Waals surface area contributed by atoms with Crippen molar-refractivity contribution in [2.75, 3.05) is 6.61 Å². The number of aryl methyl sites for hydroxylation is 2. The summed E-state index contributed by atoms with van der Waals surface area (Å²) in [4.78, 5) is 12.9. The van der Waals surface area contributed by atoms with E-state index in [0.717, 1.165) is 16.1 Å². The molecule has 0 aromatic carbocycles. The summed E-state index contributed by atoms with van der Waals surface area (Å²) in [5.74, 6) is 6.31. The standard InChI is InChI=1S/C15H16N2O3S/c1-10-14(11(2)20-17-10)8-16-15(19)12-7-13(21-9-12)5-3-4-6-18/h7,9,18H,4,6,8H2,1-2H3,(H,16,19). The summed E-state index contributed by atoms with van der Waals surface area (Å²) >= 11 is 1.41. The zero-order chi connectivity index (χ0) is 15.2. The minimum absolute atomic E-state index is 0.0448. The van der Waals surface area contributed by atoms with Crippen LogP contribution in [0, 0.1) is 25.7 Å². The number of aliphatic hydroxyl groups is 1. The molecule has 2 aromatic rings. The van der Waals surface area contributed by atoms with Crippen molar-refractivity contribution in [1.82, 2.24) is 10.5 Å². The maximum Gasteiger partial charge on any atom is 0.252 e. The van der Waals surface area contributed by atoms with E-state index in [2.05, 4.69) is 22.3 Å². The molecule has 0 spiro atoms. The van der Waals surface area contributed by atoms with Gasteiger partial charge in [0, 0.05) is 23.9 Å². The molecule has 0 aliphatic heterocycles. The fourth-order valence-electron chi connectivity index (χ4n) is 1.75. The molecule has 0 aliphatic carbocycles. The van der Waals surface area contributed by atoms with Crippen LogP contribution in [0.2, 0.25) is 0 Å². The number of nitrogens with one attached hydrogen (secondary N) is 1. The van der Waals surface area contributed by atoms with Gasteiger partial charge in [-0.25, -0.2) is 0 Å². The second-order valence-electron chi connectivity index (χ2n) is 4.46. The second kappa shape index (κ2) is 7.07. The molecule has 0 aliphatic rings. The van der Waals surface area contributed by atoms with Crippen LogP contribution in [0.15, 0.2) is 16.0 Å². The Morgan fingerprint density at radius 3 is 3.00 bits per heavy atom. The van der Waals surface area contributed by atoms with Gasteiger partial charge in [0.05, 0.1) is 22.7 Å². The van der Waals surface area contributed by atoms with Gasteiger partial charge in [-0.1, -0.05) is 17.0 Å². The highest BCUT2D eigenvalue weighted by molar-refractivity contribution is 7.10. The van der Waals surface area contributed by atoms with Crippen LogP contribution in [0.4, 0.5) is 0 Å². The number of aliphatic hydroxyl groups excluding tert-OH is 1. The van der Waals surface area contributed by atoms with Crippen LogP contribution >= 0.6 is 11.3 Å². The molecule has 110 valence electrons. The minimum atomic E-state index is -0.151. The van der Waals surface area contributed by atoms with Gasteiger partial charge in [-0.2, -0.15) is 0 Å². The van der Waals surface area contributed by atoms with E-state index in [9.17, 15) is 4.79 Å². The van der Waals surface area contributed by atoms with Gasteiger partial charge in [0.25, 0.3) is 5.91 Å². The molecule has 1 amide bonds. The van der Waals surface area contributed by atoms with E-state index in [4.69, 9.17) is 9.63 Å². The lowest BCUT2D eigenvalue weighted by atomic mass is 10.2. The van der Waals surface area contributed by atoms with Crippen molar-refractivity contribution in [2.24, 2.45) is 0 Å². The first-order valence-electron chi connectivity index (χ1n) is 6.50. The summed E-state index contributed by atoms with van der Waals surface area (Å²) in [6, 6.07) is 1.75. The highest BCUT2D eigenvalue weighted by atomic mass is 32.1. The van der Waals surface area contributed by atoms with E-state index in [0.29, 0.717) is 24.3 Å². The largest absolute Gasteiger partial charge is 0.395 e. The maximum absolute atomic E-state index is 12.1. The Kier molecular flexibility index (Phi) is 5.14. The third-order valence-electron chi connectivity index (χ3n) is 2.92. The number of thiophene rings is 1. The zero-order valence-electron chi connectivity index (χ0n) is 11.9. The van der Waals surface area contributed by atoms with Crippen LogP contribution in [0.1, 0.15) is 38.7 Å². The van der Waals surface area contributed by atoms with Gasteiger partial charge in [0.1, 0.15) is 5.76 Å². The summed E-state index contributed by atoms with van der Waals surface area (Å²) in [5.41, 5.74) is 2.27. The molecule has 0 atom stereocenters. The average molecular weight is 304 g/mol. The monoisotopic (exact) mass is 304 g/mol. The number of hydrogen-bond acceptors (Lipinski definition) is 5. The number of rotatable bonds is 4. The third kappa shape index (κ3) is 3.94. The Morgan fingerprint density at radius 1 is 1.52 bits per heavy atom. The van der Waals surface area contributed by atoms with Gasteiger partial charge in [-0.3, -0.25) is 4.79 Å². The topological polar surface area (TPSA) is 75.4 Å². The number of aromatic nitrogens is 1. The van der Waals surface area contributed by atoms with Gasteiger partial charge < -0.3 is 14.9 Å². The van der Waals surface area contributed by atoms with Crippen LogP contribution in [-0.2, 0) is 6.54 Å². The van der Waals surface area contributed by atoms with Gasteiger partial charge in [0.2, 0.25) is 0 Å². The Hall–Kier alpha value is -2.10. The Morgan fingerprint density at radius 2 is 2.33 bits per heavy atom. The molecule has 5 nitrogen and oxygen atoms in total. The molecule has 2 rings (SSSR count). The molecular weight excluding hydrogens is 288 g/mol. The summed E-state index contributed by atoms with van der Waals surface area (Å²) < 4.78 is 5.05. The molecule has 2 aromatic heterocycles. The number of nitrogens with zero attached hydrogens (tertiary/aromatic N) is 1. The SMILES string of the molecule is Cc1noc(C)c1CNC(=O)c1csc(C#CCCO)c1. The van der Waals surface area contributed by atoms with Crippen LogP contribution in [-0.4, -0.2) is 22.8 Å². The predicted molar refractivity (Wildman–Crippen MR) is 80.0 cm³/mol. The number of amides is 1. The van der Waals surface area contributed by atoms with Gasteiger partial charge >= 0.3 is 0 Å². The van der Waals surface area contributed by atoms with E-state index >= 15 is 0 Å². The summed E-state index contributed by atoms with van der Waals surface area (Å²) in [6.07, 6.45) is 0.436. The van der Waals surface area contributed by atoms with E-state index in [-0.39, 0.29) is 12.5 Å². The summed E-state index contributed by atoms with van der Waals surface area (Å²) in [7, 11) is 0. The second-order valence-corrected chi connectivity index (χ2v) is 5.37.